The van der Waals surface area contributed by atoms with E-state index in [1.54, 1.807) is 0 Å². The van der Waals surface area contributed by atoms with Crippen LogP contribution in [0.15, 0.2) is 23.3 Å². The molecule has 8 rings (SSSR count). The first-order chi connectivity index (χ1) is 31.4. The molecule has 3 saturated heterocycles. The minimum atomic E-state index is -1.90. The molecule has 0 unspecified atom stereocenters. The third-order valence-electron chi connectivity index (χ3n) is 19.0. The summed E-state index contributed by atoms with van der Waals surface area (Å²) in [4.78, 5) is 0. The molecule has 0 bridgehead atoms. The Balaban J connectivity index is 1.06. The van der Waals surface area contributed by atoms with Crippen LogP contribution in [0, 0.1) is 44.3 Å². The maximum Gasteiger partial charge on any atom is 0.187 e. The van der Waals surface area contributed by atoms with E-state index in [2.05, 4.69) is 46.8 Å². The molecule has 19 heteroatoms. The van der Waals surface area contributed by atoms with Gasteiger partial charge in [-0.15, -0.1) is 0 Å². The summed E-state index contributed by atoms with van der Waals surface area (Å²) in [7, 11) is 0. The van der Waals surface area contributed by atoms with Crippen LogP contribution in [0.2, 0.25) is 0 Å². The molecule has 3 aliphatic heterocycles. The van der Waals surface area contributed by atoms with Gasteiger partial charge in [0.25, 0.3) is 0 Å². The number of aliphatic hydroxyl groups excluding tert-OH is 13. The summed E-state index contributed by atoms with van der Waals surface area (Å²) in [6, 6.07) is 0. The predicted octanol–water partition coefficient (Wildman–Crippen LogP) is -1.52. The normalized spacial score (nSPS) is 54.2. The van der Waals surface area contributed by atoms with Crippen LogP contribution in [0.5, 0.6) is 0 Å². The lowest BCUT2D eigenvalue weighted by Gasteiger charge is -2.70. The van der Waals surface area contributed by atoms with Crippen molar-refractivity contribution in [3.8, 4) is 0 Å². The number of rotatable bonds is 11. The molecule has 19 nitrogen and oxygen atoms in total. The molecule has 6 fully saturated rings. The summed E-state index contributed by atoms with van der Waals surface area (Å²) < 4.78 is 35.8. The molecular formula is C48H78O19. The SMILES string of the molecule is CC1(C)CC[C@@]2(CO)C(=C3C=C[C@@H]4[C@]5(C)CC[C@H](O[C@@H]6O[C@H](CO[C@@H]7O[C@H](CO)[C@@H](O)[C@H](O)[C@H]7O)[C@@H](O[C@@H]7O[C@H](CO)[C@@H](O)[C@H](O)[C@H]7O)[C@H](O)[C@H]6O)[C@@](C)(CO)[C@@H]5CC[C@@]4(C)[C@]3(C)C[C@@H]2O)C1. The van der Waals surface area contributed by atoms with Crippen molar-refractivity contribution in [3.05, 3.63) is 23.3 Å². The third kappa shape index (κ3) is 8.15. The second-order valence-corrected chi connectivity index (χ2v) is 23.1. The Labute approximate surface area is 391 Å². The van der Waals surface area contributed by atoms with Gasteiger partial charge in [-0.2, -0.15) is 0 Å². The number of allylic oxidation sites excluding steroid dienone is 3. The van der Waals surface area contributed by atoms with Crippen molar-refractivity contribution in [1.29, 1.82) is 0 Å². The van der Waals surface area contributed by atoms with Gasteiger partial charge in [-0.3, -0.25) is 0 Å². The zero-order valence-corrected chi connectivity index (χ0v) is 39.6. The second kappa shape index (κ2) is 18.6. The van der Waals surface area contributed by atoms with E-state index in [0.29, 0.717) is 25.7 Å². The summed E-state index contributed by atoms with van der Waals surface area (Å²) in [5, 5.41) is 141. The van der Waals surface area contributed by atoms with Crippen molar-refractivity contribution < 1.29 is 94.8 Å². The van der Waals surface area contributed by atoms with E-state index in [0.717, 1.165) is 25.7 Å². The van der Waals surface area contributed by atoms with Crippen LogP contribution >= 0.6 is 0 Å². The van der Waals surface area contributed by atoms with Gasteiger partial charge in [0.15, 0.2) is 18.9 Å². The first-order valence-corrected chi connectivity index (χ1v) is 24.3. The highest BCUT2D eigenvalue weighted by Crippen LogP contribution is 2.74. The Hall–Kier alpha value is -1.28. The molecule has 13 N–H and O–H groups in total. The van der Waals surface area contributed by atoms with Gasteiger partial charge >= 0.3 is 0 Å². The Kier molecular flexibility index (Phi) is 14.5. The predicted molar refractivity (Wildman–Crippen MR) is 233 cm³/mol. The van der Waals surface area contributed by atoms with E-state index in [9.17, 15) is 66.4 Å². The van der Waals surface area contributed by atoms with Gasteiger partial charge in [0, 0.05) is 16.2 Å². The van der Waals surface area contributed by atoms with E-state index in [-0.39, 0.29) is 41.3 Å². The highest BCUT2D eigenvalue weighted by Gasteiger charge is 2.69. The number of ether oxygens (including phenoxy) is 6. The van der Waals surface area contributed by atoms with E-state index < -0.39 is 140 Å². The van der Waals surface area contributed by atoms with Crippen molar-refractivity contribution in [1.82, 2.24) is 0 Å². The quantitative estimate of drug-likeness (QED) is 0.105. The summed E-state index contributed by atoms with van der Waals surface area (Å²) in [5.74, 6) is -0.0749. The minimum Gasteiger partial charge on any atom is -0.396 e. The summed E-state index contributed by atoms with van der Waals surface area (Å²) in [5.41, 5.74) is -0.186. The maximum absolute atomic E-state index is 12.1. The summed E-state index contributed by atoms with van der Waals surface area (Å²) in [6.45, 7) is 10.9. The van der Waals surface area contributed by atoms with E-state index in [1.807, 2.05) is 6.92 Å². The fourth-order valence-corrected chi connectivity index (χ4v) is 14.5. The van der Waals surface area contributed by atoms with Crippen molar-refractivity contribution in [2.45, 2.75) is 197 Å². The first kappa shape index (κ1) is 52.1. The van der Waals surface area contributed by atoms with Crippen LogP contribution in [0.3, 0.4) is 0 Å². The van der Waals surface area contributed by atoms with Gasteiger partial charge in [-0.25, -0.2) is 0 Å². The van der Waals surface area contributed by atoms with Gasteiger partial charge in [0.05, 0.1) is 45.2 Å². The molecular weight excluding hydrogens is 881 g/mol. The van der Waals surface area contributed by atoms with Gasteiger partial charge < -0.3 is 94.8 Å². The molecule has 0 spiro atoms. The molecule has 0 radical (unpaired) electrons. The maximum atomic E-state index is 12.1. The smallest absolute Gasteiger partial charge is 0.187 e. The largest absolute Gasteiger partial charge is 0.396 e. The Morgan fingerprint density at radius 3 is 1.81 bits per heavy atom. The third-order valence-corrected chi connectivity index (χ3v) is 19.0. The molecule has 0 aromatic rings. The van der Waals surface area contributed by atoms with Crippen LogP contribution in [-0.2, 0) is 28.4 Å². The minimum absolute atomic E-state index is 0.0246. The fourth-order valence-electron chi connectivity index (χ4n) is 14.5. The van der Waals surface area contributed by atoms with Crippen molar-refractivity contribution in [2.75, 3.05) is 33.0 Å². The number of hydrogen-bond acceptors (Lipinski definition) is 19. The molecule has 67 heavy (non-hydrogen) atoms. The van der Waals surface area contributed by atoms with E-state index in [4.69, 9.17) is 28.4 Å². The van der Waals surface area contributed by atoms with Gasteiger partial charge in [-0.05, 0) is 85.0 Å². The molecule has 384 valence electrons. The number of aliphatic hydroxyl groups is 13. The zero-order chi connectivity index (χ0) is 49.0. The average molecular weight is 959 g/mol. The molecule has 0 aromatic heterocycles. The summed E-state index contributed by atoms with van der Waals surface area (Å²) >= 11 is 0. The Morgan fingerprint density at radius 2 is 1.19 bits per heavy atom. The second-order valence-electron chi connectivity index (χ2n) is 23.1. The molecule has 24 atom stereocenters. The van der Waals surface area contributed by atoms with Crippen molar-refractivity contribution >= 4 is 0 Å². The lowest BCUT2D eigenvalue weighted by Crippen LogP contribution is -2.67. The van der Waals surface area contributed by atoms with Gasteiger partial charge in [0.2, 0.25) is 0 Å². The van der Waals surface area contributed by atoms with Crippen LogP contribution in [0.1, 0.15) is 92.9 Å². The number of fused-ring (bicyclic) bond motifs is 6. The van der Waals surface area contributed by atoms with Crippen LogP contribution in [-0.4, -0.2) is 204 Å². The van der Waals surface area contributed by atoms with Gasteiger partial charge in [-0.1, -0.05) is 59.3 Å². The lowest BCUT2D eigenvalue weighted by atomic mass is 9.35. The molecule has 3 saturated carbocycles. The summed E-state index contributed by atoms with van der Waals surface area (Å²) in [6.07, 6.45) is -16.5. The number of hydrogen-bond donors (Lipinski definition) is 13. The molecule has 0 amide bonds. The van der Waals surface area contributed by atoms with Crippen molar-refractivity contribution in [2.24, 2.45) is 44.3 Å². The van der Waals surface area contributed by atoms with Crippen LogP contribution in [0.25, 0.3) is 0 Å². The first-order valence-electron chi connectivity index (χ1n) is 24.3. The molecule has 5 aliphatic carbocycles. The standard InChI is InChI=1S/C48H78O19/c1-43(2)13-14-48(21-52)23(15-43)22-7-8-28-44(3)11-10-30(45(4,20-51)27(44)9-12-46(28,5)47(22,6)16-29(48)53)66-41-38(61)35(58)39(67-42-37(60)34(57)32(55)25(18-50)64-42)26(65-41)19-62-40-36(59)33(56)31(54)24(17-49)63-40/h7-8,24-42,49-61H,9-21H2,1-6H3/t24-,25-,26-,27-,28-,29+,30+,31-,32-,33+,34+,35-,36-,37-,38-,39-,40-,41+,42+,44-,45+,46-,47-,48-/m1/s1. The highest BCUT2D eigenvalue weighted by atomic mass is 16.8. The fraction of sp³-hybridized carbons (Fsp3) is 0.917. The Morgan fingerprint density at radius 1 is 0.612 bits per heavy atom. The average Bonchev–Trinajstić information content (AvgIpc) is 3.29. The van der Waals surface area contributed by atoms with E-state index >= 15 is 0 Å². The zero-order valence-electron chi connectivity index (χ0n) is 39.6. The van der Waals surface area contributed by atoms with Crippen LogP contribution in [0.4, 0.5) is 0 Å². The van der Waals surface area contributed by atoms with Gasteiger partial charge in [0.1, 0.15) is 73.2 Å². The Bertz CT molecular complexity index is 1830. The lowest BCUT2D eigenvalue weighted by molar-refractivity contribution is -0.376. The van der Waals surface area contributed by atoms with Crippen LogP contribution < -0.4 is 0 Å². The monoisotopic (exact) mass is 959 g/mol. The highest BCUT2D eigenvalue weighted by molar-refractivity contribution is 5.47. The van der Waals surface area contributed by atoms with Crippen molar-refractivity contribution in [3.63, 3.8) is 0 Å². The van der Waals surface area contributed by atoms with E-state index in [1.165, 1.54) is 11.1 Å². The molecule has 3 heterocycles. The molecule has 8 aliphatic rings. The molecule has 0 aromatic carbocycles. The topological polar surface area (TPSA) is 318 Å².